The first-order valence-corrected chi connectivity index (χ1v) is 13.3. The molecule has 1 aromatic rings. The standard InChI is InChI=1S/C29H46/c1-3-5-7-8-24-9-11-25(12-10-24)26-13-15-27(16-14-26)29-21-18-28(19-22-29,20-23-29)17-6-4-2/h9-12,26-27H,3-8,13-23H2,1-2H3/t26-,27-,28?,29?. The van der Waals surface area contributed by atoms with Crippen LogP contribution in [-0.4, -0.2) is 0 Å². The quantitative estimate of drug-likeness (QED) is 0.366. The van der Waals surface area contributed by atoms with Gasteiger partial charge in [-0.05, 0) is 117 Å². The minimum Gasteiger partial charge on any atom is -0.0654 e. The smallest absolute Gasteiger partial charge is 0.0162 e. The molecule has 0 atom stereocenters. The van der Waals surface area contributed by atoms with Crippen LogP contribution in [0.15, 0.2) is 24.3 Å². The van der Waals surface area contributed by atoms with Crippen LogP contribution in [0.4, 0.5) is 0 Å². The summed E-state index contributed by atoms with van der Waals surface area (Å²) in [4.78, 5) is 0. The molecule has 2 bridgehead atoms. The Labute approximate surface area is 181 Å². The normalized spacial score (nSPS) is 34.4. The second-order valence-corrected chi connectivity index (χ2v) is 11.2. The zero-order valence-electron chi connectivity index (χ0n) is 19.5. The van der Waals surface area contributed by atoms with E-state index in [4.69, 9.17) is 0 Å². The van der Waals surface area contributed by atoms with E-state index in [9.17, 15) is 0 Å². The predicted octanol–water partition coefficient (Wildman–Crippen LogP) is 9.22. The minimum absolute atomic E-state index is 0.752. The summed E-state index contributed by atoms with van der Waals surface area (Å²) in [6.07, 6.45) is 25.0. The van der Waals surface area contributed by atoms with E-state index in [1.54, 1.807) is 49.7 Å². The van der Waals surface area contributed by atoms with Crippen LogP contribution in [0.5, 0.6) is 0 Å². The molecule has 0 spiro atoms. The number of aryl methyl sites for hydroxylation is 1. The summed E-state index contributed by atoms with van der Waals surface area (Å²) in [7, 11) is 0. The lowest BCUT2D eigenvalue weighted by Crippen LogP contribution is -2.46. The van der Waals surface area contributed by atoms with E-state index in [-0.39, 0.29) is 0 Å². The first kappa shape index (κ1) is 21.5. The van der Waals surface area contributed by atoms with Crippen LogP contribution in [0.25, 0.3) is 0 Å². The molecule has 0 saturated heterocycles. The molecule has 4 aliphatic carbocycles. The van der Waals surface area contributed by atoms with Crippen molar-refractivity contribution in [2.45, 2.75) is 129 Å². The molecular weight excluding hydrogens is 348 g/mol. The number of hydrogen-bond donors (Lipinski definition) is 0. The highest BCUT2D eigenvalue weighted by Gasteiger charge is 2.51. The fourth-order valence-corrected chi connectivity index (χ4v) is 7.41. The van der Waals surface area contributed by atoms with Crippen molar-refractivity contribution in [3.63, 3.8) is 0 Å². The number of fused-ring (bicyclic) bond motifs is 3. The van der Waals surface area contributed by atoms with E-state index in [0.29, 0.717) is 0 Å². The number of benzene rings is 1. The van der Waals surface area contributed by atoms with Gasteiger partial charge in [0.05, 0.1) is 0 Å². The van der Waals surface area contributed by atoms with Gasteiger partial charge in [0.2, 0.25) is 0 Å². The monoisotopic (exact) mass is 394 g/mol. The van der Waals surface area contributed by atoms with Crippen LogP contribution >= 0.6 is 0 Å². The highest BCUT2D eigenvalue weighted by molar-refractivity contribution is 5.26. The minimum atomic E-state index is 0.752. The van der Waals surface area contributed by atoms with Gasteiger partial charge in [0, 0.05) is 0 Å². The number of unbranched alkanes of at least 4 members (excludes halogenated alkanes) is 3. The second kappa shape index (κ2) is 9.57. The van der Waals surface area contributed by atoms with Gasteiger partial charge in [-0.3, -0.25) is 0 Å². The molecule has 0 heteroatoms. The van der Waals surface area contributed by atoms with Crippen LogP contribution in [0.2, 0.25) is 0 Å². The Hall–Kier alpha value is -0.780. The zero-order valence-corrected chi connectivity index (χ0v) is 19.5. The van der Waals surface area contributed by atoms with Crippen LogP contribution in [-0.2, 0) is 6.42 Å². The van der Waals surface area contributed by atoms with Gasteiger partial charge in [0.1, 0.15) is 0 Å². The van der Waals surface area contributed by atoms with Crippen molar-refractivity contribution in [1.29, 1.82) is 0 Å². The molecule has 29 heavy (non-hydrogen) atoms. The number of rotatable bonds is 9. The summed E-state index contributed by atoms with van der Waals surface area (Å²) in [5, 5.41) is 0. The SMILES string of the molecule is CCCCCc1ccc([C@H]2CC[C@H](C34CCC(CCCC)(CC3)CC4)CC2)cc1. The van der Waals surface area contributed by atoms with Crippen molar-refractivity contribution in [1.82, 2.24) is 0 Å². The van der Waals surface area contributed by atoms with Crippen molar-refractivity contribution >= 4 is 0 Å². The van der Waals surface area contributed by atoms with Gasteiger partial charge in [0.15, 0.2) is 0 Å². The predicted molar refractivity (Wildman–Crippen MR) is 126 cm³/mol. The van der Waals surface area contributed by atoms with Gasteiger partial charge in [-0.2, -0.15) is 0 Å². The summed E-state index contributed by atoms with van der Waals surface area (Å²) in [5.41, 5.74) is 4.70. The Morgan fingerprint density at radius 2 is 1.34 bits per heavy atom. The molecule has 0 heterocycles. The third kappa shape index (κ3) is 4.77. The van der Waals surface area contributed by atoms with Gasteiger partial charge < -0.3 is 0 Å². The van der Waals surface area contributed by atoms with E-state index in [1.807, 2.05) is 0 Å². The molecule has 0 aliphatic heterocycles. The van der Waals surface area contributed by atoms with E-state index in [1.165, 1.54) is 70.6 Å². The molecule has 0 radical (unpaired) electrons. The first-order chi connectivity index (χ1) is 14.2. The van der Waals surface area contributed by atoms with Crippen molar-refractivity contribution in [2.24, 2.45) is 16.7 Å². The Morgan fingerprint density at radius 1 is 0.724 bits per heavy atom. The summed E-state index contributed by atoms with van der Waals surface area (Å²) < 4.78 is 0. The first-order valence-electron chi connectivity index (χ1n) is 13.3. The fraction of sp³-hybridized carbons (Fsp3) is 0.793. The Bertz CT molecular complexity index is 591. The maximum absolute atomic E-state index is 2.47. The highest BCUT2D eigenvalue weighted by atomic mass is 14.6. The molecule has 4 fully saturated rings. The van der Waals surface area contributed by atoms with E-state index < -0.39 is 0 Å². The lowest BCUT2D eigenvalue weighted by atomic mass is 9.47. The average Bonchev–Trinajstić information content (AvgIpc) is 2.80. The molecule has 0 amide bonds. The molecule has 0 unspecified atom stereocenters. The molecule has 0 nitrogen and oxygen atoms in total. The maximum atomic E-state index is 2.47. The van der Waals surface area contributed by atoms with E-state index in [2.05, 4.69) is 38.1 Å². The third-order valence-corrected chi connectivity index (χ3v) is 9.63. The van der Waals surface area contributed by atoms with Gasteiger partial charge in [-0.15, -0.1) is 0 Å². The van der Waals surface area contributed by atoms with Gasteiger partial charge in [-0.25, -0.2) is 0 Å². The maximum Gasteiger partial charge on any atom is -0.0162 e. The Morgan fingerprint density at radius 3 is 1.93 bits per heavy atom. The van der Waals surface area contributed by atoms with E-state index >= 15 is 0 Å². The molecule has 0 N–H and O–H groups in total. The van der Waals surface area contributed by atoms with Crippen LogP contribution in [0, 0.1) is 16.7 Å². The molecule has 1 aromatic carbocycles. The number of hydrogen-bond acceptors (Lipinski definition) is 0. The molecule has 4 saturated carbocycles. The summed E-state index contributed by atoms with van der Waals surface area (Å²) >= 11 is 0. The molecule has 162 valence electrons. The van der Waals surface area contributed by atoms with Crippen molar-refractivity contribution < 1.29 is 0 Å². The summed E-state index contributed by atoms with van der Waals surface area (Å²) in [6.45, 7) is 4.66. The second-order valence-electron chi connectivity index (χ2n) is 11.2. The zero-order chi connectivity index (χ0) is 20.2. The Kier molecular flexibility index (Phi) is 7.08. The fourth-order valence-electron chi connectivity index (χ4n) is 7.41. The van der Waals surface area contributed by atoms with Crippen molar-refractivity contribution in [3.05, 3.63) is 35.4 Å². The van der Waals surface area contributed by atoms with Crippen LogP contribution in [0.3, 0.4) is 0 Å². The molecular formula is C29H46. The van der Waals surface area contributed by atoms with Crippen molar-refractivity contribution in [3.8, 4) is 0 Å². The molecule has 4 aliphatic rings. The largest absolute Gasteiger partial charge is 0.0654 e. The van der Waals surface area contributed by atoms with Gasteiger partial charge in [-0.1, -0.05) is 63.8 Å². The van der Waals surface area contributed by atoms with Crippen LogP contribution in [0.1, 0.15) is 134 Å². The summed E-state index contributed by atoms with van der Waals surface area (Å²) in [5.74, 6) is 1.87. The van der Waals surface area contributed by atoms with E-state index in [0.717, 1.165) is 22.7 Å². The third-order valence-electron chi connectivity index (χ3n) is 9.63. The summed E-state index contributed by atoms with van der Waals surface area (Å²) in [6, 6.07) is 9.78. The van der Waals surface area contributed by atoms with Gasteiger partial charge >= 0.3 is 0 Å². The topological polar surface area (TPSA) is 0 Å². The Balaban J connectivity index is 1.28. The highest BCUT2D eigenvalue weighted by Crippen LogP contribution is 2.63. The van der Waals surface area contributed by atoms with Crippen molar-refractivity contribution in [2.75, 3.05) is 0 Å². The van der Waals surface area contributed by atoms with Crippen LogP contribution < -0.4 is 0 Å². The van der Waals surface area contributed by atoms with Gasteiger partial charge in [0.25, 0.3) is 0 Å². The molecule has 5 rings (SSSR count). The average molecular weight is 395 g/mol. The lowest BCUT2D eigenvalue weighted by Gasteiger charge is -2.58. The molecule has 0 aromatic heterocycles. The lowest BCUT2D eigenvalue weighted by molar-refractivity contribution is -0.0629.